The first-order valence-electron chi connectivity index (χ1n) is 7.06. The average Bonchev–Trinajstić information content (AvgIpc) is 2.53. The number of nitrogens with one attached hydrogen (secondary N) is 1. The first-order chi connectivity index (χ1) is 11.4. The van der Waals surface area contributed by atoms with Crippen LogP contribution in [0.1, 0.15) is 28.8 Å². The lowest BCUT2D eigenvalue weighted by Gasteiger charge is -2.05. The summed E-state index contributed by atoms with van der Waals surface area (Å²) in [5.74, 6) is -0.352. The summed E-state index contributed by atoms with van der Waals surface area (Å²) in [7, 11) is 0. The van der Waals surface area contributed by atoms with Gasteiger partial charge in [-0.05, 0) is 37.3 Å². The molecule has 2 aromatic rings. The zero-order chi connectivity index (χ0) is 17.7. The van der Waals surface area contributed by atoms with Crippen LogP contribution >= 0.6 is 11.6 Å². The maximum atomic E-state index is 12.0. The van der Waals surface area contributed by atoms with E-state index in [9.17, 15) is 19.7 Å². The minimum atomic E-state index is -0.543. The van der Waals surface area contributed by atoms with Gasteiger partial charge in [0.25, 0.3) is 5.69 Å². The van der Waals surface area contributed by atoms with E-state index >= 15 is 0 Å². The molecule has 7 nitrogen and oxygen atoms in total. The first-order valence-corrected chi connectivity index (χ1v) is 7.44. The summed E-state index contributed by atoms with van der Waals surface area (Å²) in [4.78, 5) is 37.8. The highest BCUT2D eigenvalue weighted by atomic mass is 35.5. The number of hydrogen-bond acceptors (Lipinski definition) is 5. The SMILES string of the molecule is Cc1cc(NC(=O)CCC(=O)c2ccc(Cl)cc2)ncc1[N+](=O)[O-]. The van der Waals surface area contributed by atoms with Gasteiger partial charge in [-0.15, -0.1) is 0 Å². The summed E-state index contributed by atoms with van der Waals surface area (Å²) in [6.45, 7) is 1.56. The van der Waals surface area contributed by atoms with Gasteiger partial charge in [-0.1, -0.05) is 11.6 Å². The molecule has 1 heterocycles. The number of aromatic nitrogens is 1. The monoisotopic (exact) mass is 347 g/mol. The van der Waals surface area contributed by atoms with Crippen molar-refractivity contribution in [1.82, 2.24) is 4.98 Å². The van der Waals surface area contributed by atoms with Crippen LogP contribution in [0.25, 0.3) is 0 Å². The predicted molar refractivity (Wildman–Crippen MR) is 89.3 cm³/mol. The number of Topliss-reactive ketones (excluding diaryl/α,β-unsaturated/α-hetero) is 1. The maximum absolute atomic E-state index is 12.0. The van der Waals surface area contributed by atoms with Crippen molar-refractivity contribution in [2.75, 3.05) is 5.32 Å². The molecule has 0 fully saturated rings. The second kappa shape index (κ2) is 7.65. The number of benzene rings is 1. The number of aryl methyl sites for hydroxylation is 1. The lowest BCUT2D eigenvalue weighted by Crippen LogP contribution is -2.14. The van der Waals surface area contributed by atoms with Crippen molar-refractivity contribution < 1.29 is 14.5 Å². The molecule has 0 aliphatic carbocycles. The summed E-state index contributed by atoms with van der Waals surface area (Å²) < 4.78 is 0. The Bertz CT molecular complexity index is 790. The molecule has 1 N–H and O–H groups in total. The van der Waals surface area contributed by atoms with Gasteiger partial charge in [0.1, 0.15) is 12.0 Å². The second-order valence-corrected chi connectivity index (χ2v) is 5.53. The van der Waals surface area contributed by atoms with Crippen LogP contribution in [-0.2, 0) is 4.79 Å². The lowest BCUT2D eigenvalue weighted by molar-refractivity contribution is -0.385. The number of rotatable bonds is 6. The molecule has 0 saturated carbocycles. The Morgan fingerprint density at radius 2 is 1.92 bits per heavy atom. The van der Waals surface area contributed by atoms with Crippen LogP contribution in [0.5, 0.6) is 0 Å². The predicted octanol–water partition coefficient (Wildman–Crippen LogP) is 3.55. The number of ketones is 1. The standard InChI is InChI=1S/C16H14ClN3O4/c1-10-8-15(18-9-13(10)20(23)24)19-16(22)7-6-14(21)11-2-4-12(17)5-3-11/h2-5,8-9H,6-7H2,1H3,(H,18,19,22). The largest absolute Gasteiger partial charge is 0.311 e. The highest BCUT2D eigenvalue weighted by molar-refractivity contribution is 6.30. The van der Waals surface area contributed by atoms with E-state index in [0.29, 0.717) is 16.1 Å². The van der Waals surface area contributed by atoms with Crippen molar-refractivity contribution in [3.8, 4) is 0 Å². The van der Waals surface area contributed by atoms with Gasteiger partial charge in [0, 0.05) is 29.0 Å². The Labute approximate surface area is 142 Å². The molecule has 2 rings (SSSR count). The maximum Gasteiger partial charge on any atom is 0.290 e. The third-order valence-electron chi connectivity index (χ3n) is 3.29. The molecule has 0 aliphatic heterocycles. The molecule has 1 aromatic carbocycles. The van der Waals surface area contributed by atoms with Crippen LogP contribution in [0, 0.1) is 17.0 Å². The topological polar surface area (TPSA) is 102 Å². The fraction of sp³-hybridized carbons (Fsp3) is 0.188. The number of hydrogen-bond donors (Lipinski definition) is 1. The van der Waals surface area contributed by atoms with E-state index in [1.807, 2.05) is 0 Å². The van der Waals surface area contributed by atoms with E-state index in [1.54, 1.807) is 31.2 Å². The molecular weight excluding hydrogens is 334 g/mol. The first kappa shape index (κ1) is 17.6. The van der Waals surface area contributed by atoms with E-state index in [4.69, 9.17) is 11.6 Å². The van der Waals surface area contributed by atoms with Crippen molar-refractivity contribution in [3.63, 3.8) is 0 Å². The molecule has 124 valence electrons. The van der Waals surface area contributed by atoms with Gasteiger partial charge >= 0.3 is 0 Å². The summed E-state index contributed by atoms with van der Waals surface area (Å²) in [6.07, 6.45) is 1.11. The second-order valence-electron chi connectivity index (χ2n) is 5.09. The Balaban J connectivity index is 1.91. The number of carbonyl (C=O) groups is 2. The molecule has 1 aromatic heterocycles. The van der Waals surface area contributed by atoms with Gasteiger partial charge in [0.2, 0.25) is 5.91 Å². The molecule has 0 saturated heterocycles. The number of pyridine rings is 1. The fourth-order valence-corrected chi connectivity index (χ4v) is 2.15. The summed E-state index contributed by atoms with van der Waals surface area (Å²) in [5, 5.41) is 13.8. The van der Waals surface area contributed by atoms with Crippen molar-refractivity contribution in [2.24, 2.45) is 0 Å². The molecule has 0 spiro atoms. The minimum Gasteiger partial charge on any atom is -0.311 e. The van der Waals surface area contributed by atoms with E-state index in [0.717, 1.165) is 6.20 Å². The molecule has 0 radical (unpaired) electrons. The normalized spacial score (nSPS) is 10.2. The molecule has 0 bridgehead atoms. The Morgan fingerprint density at radius 1 is 1.25 bits per heavy atom. The Morgan fingerprint density at radius 3 is 2.50 bits per heavy atom. The minimum absolute atomic E-state index is 0.0147. The number of halogens is 1. The number of nitro groups is 1. The third-order valence-corrected chi connectivity index (χ3v) is 3.54. The van der Waals surface area contributed by atoms with E-state index in [2.05, 4.69) is 10.3 Å². The number of anilines is 1. The van der Waals surface area contributed by atoms with Gasteiger partial charge in [0.05, 0.1) is 4.92 Å². The van der Waals surface area contributed by atoms with Crippen LogP contribution in [0.2, 0.25) is 5.02 Å². The van der Waals surface area contributed by atoms with Crippen molar-refractivity contribution in [2.45, 2.75) is 19.8 Å². The van der Waals surface area contributed by atoms with Gasteiger partial charge in [-0.25, -0.2) is 4.98 Å². The van der Waals surface area contributed by atoms with Crippen LogP contribution in [0.3, 0.4) is 0 Å². The Kier molecular flexibility index (Phi) is 5.59. The molecule has 1 amide bonds. The fourth-order valence-electron chi connectivity index (χ4n) is 2.02. The highest BCUT2D eigenvalue weighted by Gasteiger charge is 2.14. The van der Waals surface area contributed by atoms with E-state index in [1.165, 1.54) is 6.07 Å². The van der Waals surface area contributed by atoms with Crippen molar-refractivity contribution >= 4 is 34.8 Å². The van der Waals surface area contributed by atoms with E-state index < -0.39 is 10.8 Å². The van der Waals surface area contributed by atoms with Crippen LogP contribution in [0.15, 0.2) is 36.5 Å². The highest BCUT2D eigenvalue weighted by Crippen LogP contribution is 2.19. The lowest BCUT2D eigenvalue weighted by atomic mass is 10.1. The zero-order valence-electron chi connectivity index (χ0n) is 12.8. The van der Waals surface area contributed by atoms with Gasteiger partial charge < -0.3 is 5.32 Å². The van der Waals surface area contributed by atoms with Gasteiger partial charge in [-0.2, -0.15) is 0 Å². The average molecular weight is 348 g/mol. The van der Waals surface area contributed by atoms with Crippen molar-refractivity contribution in [3.05, 3.63) is 62.8 Å². The zero-order valence-corrected chi connectivity index (χ0v) is 13.5. The molecule has 0 atom stereocenters. The summed E-state index contributed by atoms with van der Waals surface area (Å²) >= 11 is 5.75. The van der Waals surface area contributed by atoms with Crippen LogP contribution < -0.4 is 5.32 Å². The molecule has 24 heavy (non-hydrogen) atoms. The molecule has 8 heteroatoms. The Hall–Kier alpha value is -2.80. The smallest absolute Gasteiger partial charge is 0.290 e. The molecule has 0 aliphatic rings. The molecule has 0 unspecified atom stereocenters. The quantitative estimate of drug-likeness (QED) is 0.489. The molecular formula is C16H14ClN3O4. The van der Waals surface area contributed by atoms with Crippen LogP contribution in [0.4, 0.5) is 11.5 Å². The number of carbonyl (C=O) groups excluding carboxylic acids is 2. The third kappa shape index (κ3) is 4.60. The number of amides is 1. The van der Waals surface area contributed by atoms with E-state index in [-0.39, 0.29) is 30.1 Å². The summed E-state index contributed by atoms with van der Waals surface area (Å²) in [6, 6.07) is 7.83. The summed E-state index contributed by atoms with van der Waals surface area (Å²) in [5.41, 5.74) is 0.755. The van der Waals surface area contributed by atoms with Gasteiger partial charge in [0.15, 0.2) is 5.78 Å². The number of nitrogens with zero attached hydrogens (tertiary/aromatic N) is 2. The van der Waals surface area contributed by atoms with Crippen molar-refractivity contribution in [1.29, 1.82) is 0 Å². The van der Waals surface area contributed by atoms with Crippen LogP contribution in [-0.4, -0.2) is 21.6 Å². The van der Waals surface area contributed by atoms with Gasteiger partial charge in [-0.3, -0.25) is 19.7 Å².